The molecule has 5 heterocycles. The molecule has 0 unspecified atom stereocenters. The van der Waals surface area contributed by atoms with E-state index in [1.54, 1.807) is 23.8 Å². The Morgan fingerprint density at radius 3 is 2.62 bits per heavy atom. The first-order valence-corrected chi connectivity index (χ1v) is 15.1. The Hall–Kier alpha value is -3.57. The number of aromatic nitrogens is 3. The summed E-state index contributed by atoms with van der Waals surface area (Å²) in [5.41, 5.74) is 1.94. The highest BCUT2D eigenvalue weighted by molar-refractivity contribution is 5.99. The van der Waals surface area contributed by atoms with Gasteiger partial charge in [0.25, 0.3) is 5.56 Å². The molecular formula is C31H37FN6O4. The Labute approximate surface area is 243 Å². The molecule has 3 aromatic rings. The maximum atomic E-state index is 15.7. The van der Waals surface area contributed by atoms with Crippen LogP contribution in [0.25, 0.3) is 11.0 Å². The van der Waals surface area contributed by atoms with Gasteiger partial charge in [0.1, 0.15) is 23.7 Å². The Morgan fingerprint density at radius 2 is 1.86 bits per heavy atom. The highest BCUT2D eigenvalue weighted by atomic mass is 19.1. The van der Waals surface area contributed by atoms with Crippen LogP contribution in [0.4, 0.5) is 21.7 Å². The number of nitrogens with one attached hydrogen (secondary N) is 1. The van der Waals surface area contributed by atoms with Gasteiger partial charge in [0.2, 0.25) is 5.95 Å². The molecule has 222 valence electrons. The number of ether oxygens (including phenoxy) is 2. The third-order valence-corrected chi connectivity index (χ3v) is 9.47. The van der Waals surface area contributed by atoms with E-state index in [0.29, 0.717) is 46.4 Å². The lowest BCUT2D eigenvalue weighted by molar-refractivity contribution is 0.0230. The van der Waals surface area contributed by atoms with E-state index in [2.05, 4.69) is 20.1 Å². The van der Waals surface area contributed by atoms with Crippen LogP contribution in [0.15, 0.2) is 23.1 Å². The fourth-order valence-corrected chi connectivity index (χ4v) is 7.36. The van der Waals surface area contributed by atoms with Crippen molar-refractivity contribution in [3.8, 4) is 5.75 Å². The smallest absolute Gasteiger partial charge is 0.263 e. The molecule has 3 aliphatic heterocycles. The van der Waals surface area contributed by atoms with Crippen LogP contribution in [0.3, 0.4) is 0 Å². The van der Waals surface area contributed by atoms with Gasteiger partial charge in [-0.2, -0.15) is 4.98 Å². The zero-order chi connectivity index (χ0) is 29.0. The van der Waals surface area contributed by atoms with Crippen molar-refractivity contribution in [2.24, 2.45) is 0 Å². The van der Waals surface area contributed by atoms with Crippen molar-refractivity contribution in [1.82, 2.24) is 19.4 Å². The van der Waals surface area contributed by atoms with Gasteiger partial charge in [-0.25, -0.2) is 9.37 Å². The minimum atomic E-state index is -0.357. The maximum absolute atomic E-state index is 15.7. The number of benzene rings is 1. The molecule has 0 amide bonds. The second-order valence-corrected chi connectivity index (χ2v) is 12.0. The van der Waals surface area contributed by atoms with Crippen LogP contribution >= 0.6 is 0 Å². The number of piperazine rings is 1. The SMILES string of the molecule is CC(=O)c1c(C)c2cnc(Nc3cc(F)c4c(c3)OC[C@H]3CN(C5CCOCC5)CCN43)nc2n(C2CCCC2)c1=O. The lowest BCUT2D eigenvalue weighted by Crippen LogP contribution is -2.60. The molecule has 2 saturated heterocycles. The van der Waals surface area contributed by atoms with Crippen LogP contribution in [-0.2, 0) is 4.74 Å². The van der Waals surface area contributed by atoms with Crippen molar-refractivity contribution in [2.75, 3.05) is 49.7 Å². The lowest BCUT2D eigenvalue weighted by Gasteiger charge is -2.48. The van der Waals surface area contributed by atoms with E-state index < -0.39 is 0 Å². The molecule has 11 heteroatoms. The number of rotatable bonds is 5. The van der Waals surface area contributed by atoms with E-state index in [1.807, 2.05) is 0 Å². The molecule has 1 N–H and O–H groups in total. The summed E-state index contributed by atoms with van der Waals surface area (Å²) in [5.74, 6) is 0.135. The molecule has 0 radical (unpaired) electrons. The summed E-state index contributed by atoms with van der Waals surface area (Å²) in [7, 11) is 0. The van der Waals surface area contributed by atoms with Gasteiger partial charge < -0.3 is 19.7 Å². The van der Waals surface area contributed by atoms with Crippen LogP contribution in [0.2, 0.25) is 0 Å². The van der Waals surface area contributed by atoms with Crippen molar-refractivity contribution >= 4 is 34.1 Å². The van der Waals surface area contributed by atoms with Gasteiger partial charge >= 0.3 is 0 Å². The first-order chi connectivity index (χ1) is 20.4. The number of pyridine rings is 1. The van der Waals surface area contributed by atoms with Gasteiger partial charge in [-0.15, -0.1) is 0 Å². The molecule has 42 heavy (non-hydrogen) atoms. The molecule has 2 aromatic heterocycles. The number of nitrogens with zero attached hydrogens (tertiary/aromatic N) is 5. The van der Waals surface area contributed by atoms with E-state index in [4.69, 9.17) is 14.5 Å². The Balaban J connectivity index is 1.18. The second-order valence-electron chi connectivity index (χ2n) is 12.0. The van der Waals surface area contributed by atoms with Gasteiger partial charge in [-0.05, 0) is 51.2 Å². The van der Waals surface area contributed by atoms with Crippen molar-refractivity contribution < 1.29 is 18.7 Å². The summed E-state index contributed by atoms with van der Waals surface area (Å²) in [5, 5.41) is 3.81. The predicted molar refractivity (Wildman–Crippen MR) is 158 cm³/mol. The fourth-order valence-electron chi connectivity index (χ4n) is 7.36. The molecule has 7 rings (SSSR count). The van der Waals surface area contributed by atoms with Crippen LogP contribution in [-0.4, -0.2) is 76.8 Å². The number of hydrogen-bond donors (Lipinski definition) is 1. The number of ketones is 1. The van der Waals surface area contributed by atoms with Gasteiger partial charge in [-0.3, -0.25) is 19.1 Å². The molecule has 0 bridgehead atoms. The van der Waals surface area contributed by atoms with Gasteiger partial charge in [-0.1, -0.05) is 12.8 Å². The third-order valence-electron chi connectivity index (χ3n) is 9.47. The first kappa shape index (κ1) is 27.3. The highest BCUT2D eigenvalue weighted by Gasteiger charge is 2.37. The number of carbonyl (C=O) groups is 1. The number of anilines is 3. The number of carbonyl (C=O) groups excluding carboxylic acids is 1. The van der Waals surface area contributed by atoms with E-state index in [9.17, 15) is 9.59 Å². The molecule has 1 aliphatic carbocycles. The Morgan fingerprint density at radius 1 is 1.07 bits per heavy atom. The topological polar surface area (TPSA) is 102 Å². The Kier molecular flexibility index (Phi) is 7.09. The molecular weight excluding hydrogens is 539 g/mol. The average Bonchev–Trinajstić information content (AvgIpc) is 3.51. The summed E-state index contributed by atoms with van der Waals surface area (Å²) < 4.78 is 29.0. The molecule has 10 nitrogen and oxygen atoms in total. The van der Waals surface area contributed by atoms with E-state index in [0.717, 1.165) is 71.4 Å². The van der Waals surface area contributed by atoms with Crippen LogP contribution in [0, 0.1) is 12.7 Å². The van der Waals surface area contributed by atoms with E-state index in [1.165, 1.54) is 13.0 Å². The van der Waals surface area contributed by atoms with E-state index in [-0.39, 0.29) is 40.8 Å². The largest absolute Gasteiger partial charge is 0.489 e. The molecule has 1 saturated carbocycles. The standard InChI is InChI=1S/C31H37FN6O4/c1-18-24-15-33-31(35-29(24)38(22-5-3-4-6-22)30(40)27(18)19(2)39)34-20-13-25(32)28-26(14-20)42-17-23-16-36(9-10-37(23)28)21-7-11-41-12-8-21/h13-15,21-23H,3-12,16-17H2,1-2H3,(H,33,34,35)/t23-/m1/s1. The maximum Gasteiger partial charge on any atom is 0.263 e. The van der Waals surface area contributed by atoms with Crippen LogP contribution < -0.4 is 20.5 Å². The minimum absolute atomic E-state index is 0.0177. The number of hydrogen-bond acceptors (Lipinski definition) is 9. The zero-order valence-corrected chi connectivity index (χ0v) is 24.2. The number of fused-ring (bicyclic) bond motifs is 4. The summed E-state index contributed by atoms with van der Waals surface area (Å²) in [6, 6.07) is 3.85. The van der Waals surface area contributed by atoms with Crippen molar-refractivity contribution in [1.29, 1.82) is 0 Å². The summed E-state index contributed by atoms with van der Waals surface area (Å²) in [6.07, 6.45) is 7.50. The monoisotopic (exact) mass is 576 g/mol. The molecule has 1 atom stereocenters. The number of aryl methyl sites for hydroxylation is 1. The van der Waals surface area contributed by atoms with Crippen molar-refractivity contribution in [3.05, 3.63) is 45.6 Å². The molecule has 4 aliphatic rings. The summed E-state index contributed by atoms with van der Waals surface area (Å²) in [4.78, 5) is 39.8. The first-order valence-electron chi connectivity index (χ1n) is 15.1. The molecule has 3 fully saturated rings. The van der Waals surface area contributed by atoms with Crippen LogP contribution in [0.1, 0.15) is 67.4 Å². The van der Waals surface area contributed by atoms with Crippen molar-refractivity contribution in [3.63, 3.8) is 0 Å². The highest BCUT2D eigenvalue weighted by Crippen LogP contribution is 2.41. The summed E-state index contributed by atoms with van der Waals surface area (Å²) >= 11 is 0. The third kappa shape index (κ3) is 4.72. The number of halogens is 1. The molecule has 1 aromatic carbocycles. The van der Waals surface area contributed by atoms with Gasteiger partial charge in [0.05, 0.1) is 11.6 Å². The second kappa shape index (κ2) is 10.9. The predicted octanol–water partition coefficient (Wildman–Crippen LogP) is 4.36. The van der Waals surface area contributed by atoms with Gasteiger partial charge in [0, 0.05) is 68.3 Å². The van der Waals surface area contributed by atoms with E-state index >= 15 is 4.39 Å². The number of Topliss-reactive ketones (excluding diaryl/α,β-unsaturated/α-hetero) is 1. The average molecular weight is 577 g/mol. The zero-order valence-electron chi connectivity index (χ0n) is 24.2. The summed E-state index contributed by atoms with van der Waals surface area (Å²) in [6.45, 7) is 7.77. The minimum Gasteiger partial charge on any atom is -0.489 e. The quantitative estimate of drug-likeness (QED) is 0.444. The van der Waals surface area contributed by atoms with Crippen LogP contribution in [0.5, 0.6) is 5.75 Å². The normalized spacial score (nSPS) is 21.7. The Bertz CT molecular complexity index is 1600. The van der Waals surface area contributed by atoms with Crippen molar-refractivity contribution in [2.45, 2.75) is 70.5 Å². The lowest BCUT2D eigenvalue weighted by atomic mass is 10.0. The molecule has 0 spiro atoms. The van der Waals surface area contributed by atoms with Gasteiger partial charge in [0.15, 0.2) is 11.6 Å². The fraction of sp³-hybridized carbons (Fsp3) is 0.548.